The van der Waals surface area contributed by atoms with Gasteiger partial charge in [0.25, 0.3) is 0 Å². The van der Waals surface area contributed by atoms with E-state index in [0.29, 0.717) is 0 Å². The van der Waals surface area contributed by atoms with Crippen LogP contribution >= 0.6 is 11.9 Å². The van der Waals surface area contributed by atoms with Crippen LogP contribution in [-0.2, 0) is 85.3 Å². The van der Waals surface area contributed by atoms with E-state index in [0.717, 1.165) is 13.7 Å². The van der Waals surface area contributed by atoms with Crippen molar-refractivity contribution in [3.05, 3.63) is 11.5 Å². The fraction of sp³-hybridized carbons (Fsp3) is 0.950. The number of likely N-dealkylation sites (N-methyl/N-ethyl adjacent to an activating group) is 1. The van der Waals surface area contributed by atoms with Crippen LogP contribution < -0.4 is 51.2 Å². The molecule has 10 aliphatic heterocycles. The minimum Gasteiger partial charge on any atom is -0.453 e. The molecule has 37 N–H and O–H groups in total. The Kier molecular flexibility index (Phi) is 33.9. The molecule has 0 unspecified atom stereocenters. The van der Waals surface area contributed by atoms with E-state index >= 15 is 0 Å². The molecule has 0 aliphatic carbocycles. The van der Waals surface area contributed by atoms with E-state index in [4.69, 9.17) is 131 Å². The van der Waals surface area contributed by atoms with Gasteiger partial charge in [0.15, 0.2) is 56.6 Å². The van der Waals surface area contributed by atoms with E-state index in [-0.39, 0.29) is 0 Å². The first-order valence-electron chi connectivity index (χ1n) is 35.3. The highest BCUT2D eigenvalue weighted by molar-refractivity contribution is 8.00. The van der Waals surface area contributed by atoms with E-state index in [9.17, 15) is 107 Å². The summed E-state index contributed by atoms with van der Waals surface area (Å²) in [6, 6.07) is -14.6. The van der Waals surface area contributed by atoms with Gasteiger partial charge in [-0.15, -0.1) is 0 Å². The number of amides is 1. The molecule has 640 valence electrons. The lowest BCUT2D eigenvalue weighted by molar-refractivity contribution is -0.372. The molecule has 110 heavy (non-hydrogen) atoms. The van der Waals surface area contributed by atoms with Crippen molar-refractivity contribution in [2.24, 2.45) is 45.9 Å². The zero-order chi connectivity index (χ0) is 80.8. The van der Waals surface area contributed by atoms with Crippen molar-refractivity contribution in [3.63, 3.8) is 0 Å². The zero-order valence-electron chi connectivity index (χ0n) is 59.4. The Labute approximate surface area is 631 Å². The van der Waals surface area contributed by atoms with Crippen LogP contribution in [0.2, 0.25) is 0 Å². The molecule has 0 saturated carbocycles. The summed E-state index contributed by atoms with van der Waals surface area (Å²) in [5.74, 6) is 0. The van der Waals surface area contributed by atoms with Crippen molar-refractivity contribution in [2.75, 3.05) is 80.2 Å². The average Bonchev–Trinajstić information content (AvgIpc) is 1.02. The molecule has 0 bridgehead atoms. The van der Waals surface area contributed by atoms with Crippen molar-refractivity contribution in [1.82, 2.24) is 9.62 Å². The van der Waals surface area contributed by atoms with Gasteiger partial charge in [0.1, 0.15) is 171 Å². The number of methoxy groups -OCH3 is 1. The number of carbonyl (C=O) groups is 1. The Hall–Kier alpha value is -2.48. The summed E-state index contributed by atoms with van der Waals surface area (Å²) >= 11 is 1.75. The van der Waals surface area contributed by atoms with Crippen LogP contribution in [0, 0.1) is 0 Å². The zero-order valence-corrected chi connectivity index (χ0v) is 60.2. The molecule has 1 amide bonds. The number of hydrogen-bond donors (Lipinski definition) is 29. The first-order chi connectivity index (χ1) is 52.3. The lowest BCUT2D eigenvalue weighted by atomic mass is 9.93. The van der Waals surface area contributed by atoms with Crippen LogP contribution in [0.3, 0.4) is 0 Å². The number of ether oxygens (including phenoxy) is 18. The maximum Gasteiger partial charge on any atom is 0.407 e. The number of carbonyl (C=O) groups excluding carboxylic acids is 1. The molecular weight excluding hydrogens is 1520 g/mol. The monoisotopic (exact) mass is 1630 g/mol. The minimum atomic E-state index is -2.04. The number of nitrogens with two attached hydrogens (primary N) is 8. The number of aliphatic hydroxyl groups excluding tert-OH is 20. The molecule has 10 heterocycles. The first-order valence-corrected chi connectivity index (χ1v) is 36.2. The maximum absolute atomic E-state index is 12.8. The molecule has 0 spiro atoms. The van der Waals surface area contributed by atoms with Crippen molar-refractivity contribution >= 4 is 18.0 Å². The van der Waals surface area contributed by atoms with Crippen LogP contribution in [0.15, 0.2) is 11.5 Å². The summed E-state index contributed by atoms with van der Waals surface area (Å²) in [5, 5.41) is 221. The van der Waals surface area contributed by atoms with Gasteiger partial charge < -0.3 is 239 Å². The molecule has 0 aromatic rings. The maximum atomic E-state index is 12.8. The van der Waals surface area contributed by atoms with Crippen molar-refractivity contribution in [3.8, 4) is 0 Å². The summed E-state index contributed by atoms with van der Waals surface area (Å²) in [6.45, 7) is -7.14. The van der Waals surface area contributed by atoms with Gasteiger partial charge in [-0.2, -0.15) is 0 Å². The molecule has 10 rings (SSSR count). The van der Waals surface area contributed by atoms with Gasteiger partial charge in [0.2, 0.25) is 0 Å². The quantitative estimate of drug-likeness (QED) is 0.0358. The van der Waals surface area contributed by atoms with Crippen LogP contribution in [0.5, 0.6) is 0 Å². The van der Waals surface area contributed by atoms with E-state index in [2.05, 4.69) is 28.2 Å². The molecule has 9 fully saturated rings. The summed E-state index contributed by atoms with van der Waals surface area (Å²) in [4.78, 5) is 12.8. The minimum absolute atomic E-state index is 0.762. The summed E-state index contributed by atoms with van der Waals surface area (Å²) in [6.07, 6.45) is -60.4. The highest BCUT2D eigenvalue weighted by atomic mass is 32.2. The van der Waals surface area contributed by atoms with Crippen LogP contribution in [0.4, 0.5) is 4.79 Å². The van der Waals surface area contributed by atoms with Gasteiger partial charge in [0, 0.05) is 6.54 Å². The van der Waals surface area contributed by atoms with Crippen LogP contribution in [0.25, 0.3) is 0 Å². The molecule has 0 radical (unpaired) electrons. The van der Waals surface area contributed by atoms with Crippen LogP contribution in [0.1, 0.15) is 0 Å². The standard InChI is InChI=1S/C56H103N9O39.C4H7NS/c1-87-56(86)65-28-38(84)46(19(10-74)96-55(28)104-45-18(9-73)95-49(27(64)37(45)83)97-39-12(3-67)88-47(85)20(57)31(39)77)103-54-26(63)36(82)44(17(8-72)94-54)102-53-25(62)35(81)43(16(7-71)93-53)101-52-24(61)34(80)42(15(6-70)92-52)100-51-23(60)33(79)41(14(5-69)91-51)99-50-22(59)32(78)40(13(4-68)90-50)98-48-21(58)30(76)29(75)11(2-66)89-48;1-5-3-2-4-6-5/h11-55,66-85H,2-10,57-64H2,1H3,(H,65,86);2,4H,3H2,1H3/t11-,12-,13-,14-,15-,16-,17-,18-,19-,20-,21-,22-,23-,24-,25-,26-,27-,28-,29-,30-,31-,32-,33-,34-,35-,36-,37-,38-,39-,40-,41-,42-,43-,44-,45-,46-,47-,48+,49+,50+,51+,52+,53+,54+,55+;/m1./s1. The number of hydrogen-bond acceptors (Lipinski definition) is 49. The van der Waals surface area contributed by atoms with E-state index in [1.165, 1.54) is 0 Å². The normalized spacial score (nSPS) is 50.4. The second-order valence-electron chi connectivity index (χ2n) is 27.8. The third-order valence-electron chi connectivity index (χ3n) is 20.6. The number of alkyl carbamates (subject to hydrolysis) is 1. The third-order valence-corrected chi connectivity index (χ3v) is 21.4. The number of nitrogens with one attached hydrogen (secondary N) is 1. The average molecular weight is 1630 g/mol. The second kappa shape index (κ2) is 40.8. The Morgan fingerprint density at radius 3 is 0.809 bits per heavy atom. The van der Waals surface area contributed by atoms with E-state index < -0.39 is 341 Å². The van der Waals surface area contributed by atoms with Gasteiger partial charge in [-0.25, -0.2) is 9.10 Å². The van der Waals surface area contributed by atoms with Crippen molar-refractivity contribution in [2.45, 2.75) is 276 Å². The third kappa shape index (κ3) is 19.9. The second-order valence-corrected chi connectivity index (χ2v) is 28.9. The fourth-order valence-electron chi connectivity index (χ4n) is 14.1. The lowest BCUT2D eigenvalue weighted by Gasteiger charge is -2.51. The topological polar surface area (TPSA) is 811 Å². The number of rotatable bonds is 26. The molecule has 50 heteroatoms. The van der Waals surface area contributed by atoms with Crippen LogP contribution in [-0.4, -0.2) is 468 Å². The molecule has 49 nitrogen and oxygen atoms in total. The predicted octanol–water partition coefficient (Wildman–Crippen LogP) is -19.4. The highest BCUT2D eigenvalue weighted by Gasteiger charge is 2.60. The summed E-state index contributed by atoms with van der Waals surface area (Å²) in [5.41, 5.74) is 50.2. The lowest BCUT2D eigenvalue weighted by Crippen LogP contribution is -2.71. The SMILES string of the molecule is CN1CC=CS1.COC(=O)N[C@H]1[C@H](O[C@H]2[C@H](O)[C@@H](N)[C@H](O[C@H]3[C@H](O)[C@@H](N)[C@H](O)O[C@@H]3CO)O[C@@H]2CO)O[C@H](CO)[C@@H](O[C@@H]2O[C@H](CO)[C@@H](O[C@@H]3O[C@H](CO)[C@@H](O[C@@H]4O[C@H](CO)[C@@H](O[C@@H]5O[C@H](CO)[C@@H](O[C@@H]6O[C@H](CO)[C@@H](O[C@@H]7O[C@H](CO)[C@@H](O)[C@H](O)[C@H]7N)[C@H](O)[C@H]6N)[C@H](O)[C@H]5N)[C@H](O)[C@H]4N)[C@H](O)[C@H]3N)[C@H](O)[C@H]2N)[C@@H]1O. The molecule has 10 aliphatic rings. The van der Waals surface area contributed by atoms with E-state index in [1.54, 1.807) is 11.9 Å². The predicted molar refractivity (Wildman–Crippen MR) is 355 cm³/mol. The number of aliphatic hydroxyl groups is 20. The van der Waals surface area contributed by atoms with Crippen molar-refractivity contribution < 1.29 is 192 Å². The largest absolute Gasteiger partial charge is 0.453 e. The Morgan fingerprint density at radius 2 is 0.573 bits per heavy atom. The fourth-order valence-corrected chi connectivity index (χ4v) is 14.6. The highest BCUT2D eigenvalue weighted by Crippen LogP contribution is 2.39. The molecule has 0 aromatic carbocycles. The van der Waals surface area contributed by atoms with Gasteiger partial charge in [-0.3, -0.25) is 0 Å². The van der Waals surface area contributed by atoms with Crippen molar-refractivity contribution in [1.29, 1.82) is 0 Å². The molecule has 45 atom stereocenters. The van der Waals surface area contributed by atoms with Gasteiger partial charge in [-0.1, -0.05) is 18.0 Å². The Bertz CT molecular complexity index is 2800. The molecule has 9 saturated heterocycles. The Balaban J connectivity index is 0.00000221. The summed E-state index contributed by atoms with van der Waals surface area (Å²) < 4.78 is 107. The van der Waals surface area contributed by atoms with Gasteiger partial charge in [0.05, 0.1) is 115 Å². The van der Waals surface area contributed by atoms with Gasteiger partial charge in [-0.05, 0) is 12.5 Å². The number of nitrogens with zero attached hydrogens (tertiary/aromatic N) is 1. The van der Waals surface area contributed by atoms with E-state index in [1.807, 2.05) is 0 Å². The Morgan fingerprint density at radius 1 is 0.345 bits per heavy atom. The molecular formula is C60H110N10O39S. The smallest absolute Gasteiger partial charge is 0.407 e. The molecule has 0 aromatic heterocycles. The summed E-state index contributed by atoms with van der Waals surface area (Å²) in [7, 11) is 3.03. The first kappa shape index (κ1) is 91.4. The van der Waals surface area contributed by atoms with Gasteiger partial charge >= 0.3 is 6.09 Å².